The lowest BCUT2D eigenvalue weighted by atomic mass is 9.97. The molecule has 0 saturated heterocycles. The van der Waals surface area contributed by atoms with Gasteiger partial charge in [0.25, 0.3) is 0 Å². The Morgan fingerprint density at radius 1 is 1.19 bits per heavy atom. The van der Waals surface area contributed by atoms with Gasteiger partial charge in [-0.3, -0.25) is 0 Å². The maximum absolute atomic E-state index is 4.58. The van der Waals surface area contributed by atoms with E-state index in [0.29, 0.717) is 0 Å². The predicted octanol–water partition coefficient (Wildman–Crippen LogP) is 4.00. The van der Waals surface area contributed by atoms with Crippen LogP contribution < -0.4 is 0 Å². The van der Waals surface area contributed by atoms with Crippen molar-refractivity contribution >= 4 is 33.3 Å². The summed E-state index contributed by atoms with van der Waals surface area (Å²) in [6.45, 7) is 7.85. The molecule has 0 amide bonds. The van der Waals surface area contributed by atoms with Gasteiger partial charge in [0.1, 0.15) is 16.2 Å². The highest BCUT2D eigenvalue weighted by Gasteiger charge is 2.19. The largest absolute Gasteiger partial charge is 0.303 e. The maximum Gasteiger partial charge on any atom is 0.128 e. The summed E-state index contributed by atoms with van der Waals surface area (Å²) >= 11 is 3.79. The Morgan fingerprint density at radius 2 is 2.00 bits per heavy atom. The van der Waals surface area contributed by atoms with Crippen LogP contribution in [0.15, 0.2) is 11.4 Å². The fraction of sp³-hybridized carbons (Fsp3) is 0.625. The quantitative estimate of drug-likeness (QED) is 0.594. The summed E-state index contributed by atoms with van der Waals surface area (Å²) in [6, 6.07) is 0. The number of aromatic nitrogens is 2. The zero-order valence-electron chi connectivity index (χ0n) is 12.9. The Morgan fingerprint density at radius 3 is 2.81 bits per heavy atom. The van der Waals surface area contributed by atoms with E-state index in [1.807, 2.05) is 23.1 Å². The van der Waals surface area contributed by atoms with Crippen molar-refractivity contribution in [2.24, 2.45) is 0 Å². The second-order valence-electron chi connectivity index (χ2n) is 5.45. The van der Waals surface area contributed by atoms with Crippen molar-refractivity contribution in [3.63, 3.8) is 0 Å². The lowest BCUT2D eigenvalue weighted by molar-refractivity contribution is 0.324. The van der Waals surface area contributed by atoms with E-state index in [4.69, 9.17) is 0 Å². The standard InChI is InChI=1S/C16H23N3S2/c1-3-19(4-2)9-10-20-15-14-12-7-5-6-8-13(12)21-16(14)18-11-17-15/h11H,3-10H2,1-2H3. The van der Waals surface area contributed by atoms with Crippen LogP contribution in [-0.4, -0.2) is 40.3 Å². The Bertz CT molecular complexity index is 605. The molecule has 1 aliphatic rings. The van der Waals surface area contributed by atoms with Crippen molar-refractivity contribution in [2.45, 2.75) is 44.6 Å². The molecular weight excluding hydrogens is 298 g/mol. The first-order chi connectivity index (χ1) is 10.3. The molecule has 1 aliphatic carbocycles. The van der Waals surface area contributed by atoms with Gasteiger partial charge in [-0.05, 0) is 44.3 Å². The first-order valence-corrected chi connectivity index (χ1v) is 9.74. The molecule has 2 aromatic heterocycles. The molecule has 21 heavy (non-hydrogen) atoms. The number of thioether (sulfide) groups is 1. The van der Waals surface area contributed by atoms with Crippen LogP contribution in [0.2, 0.25) is 0 Å². The normalized spacial score (nSPS) is 14.8. The SMILES string of the molecule is CCN(CC)CCSc1ncnc2sc3c(c12)CCCC3. The zero-order chi connectivity index (χ0) is 14.7. The number of fused-ring (bicyclic) bond motifs is 3. The first-order valence-electron chi connectivity index (χ1n) is 7.93. The van der Waals surface area contributed by atoms with Gasteiger partial charge in [-0.15, -0.1) is 23.1 Å². The summed E-state index contributed by atoms with van der Waals surface area (Å²) < 4.78 is 0. The molecule has 3 rings (SSSR count). The van der Waals surface area contributed by atoms with Gasteiger partial charge in [0.15, 0.2) is 0 Å². The van der Waals surface area contributed by atoms with Crippen LogP contribution in [0.4, 0.5) is 0 Å². The molecule has 5 heteroatoms. The number of hydrogen-bond donors (Lipinski definition) is 0. The molecule has 0 atom stereocenters. The zero-order valence-corrected chi connectivity index (χ0v) is 14.5. The highest BCUT2D eigenvalue weighted by Crippen LogP contribution is 2.39. The second kappa shape index (κ2) is 7.07. The van der Waals surface area contributed by atoms with Gasteiger partial charge >= 0.3 is 0 Å². The van der Waals surface area contributed by atoms with Crippen LogP contribution in [0.5, 0.6) is 0 Å². The average molecular weight is 322 g/mol. The van der Waals surface area contributed by atoms with Gasteiger partial charge in [-0.25, -0.2) is 9.97 Å². The molecule has 2 heterocycles. The molecular formula is C16H23N3S2. The van der Waals surface area contributed by atoms with E-state index in [2.05, 4.69) is 28.7 Å². The van der Waals surface area contributed by atoms with Crippen molar-refractivity contribution in [3.8, 4) is 0 Å². The number of nitrogens with zero attached hydrogens (tertiary/aromatic N) is 3. The Balaban J connectivity index is 1.80. The minimum atomic E-state index is 1.11. The summed E-state index contributed by atoms with van der Waals surface area (Å²) in [4.78, 5) is 14.3. The van der Waals surface area contributed by atoms with Gasteiger partial charge in [-0.2, -0.15) is 0 Å². The lowest BCUT2D eigenvalue weighted by Crippen LogP contribution is -2.25. The highest BCUT2D eigenvalue weighted by atomic mass is 32.2. The van der Waals surface area contributed by atoms with Crippen LogP contribution in [-0.2, 0) is 12.8 Å². The van der Waals surface area contributed by atoms with E-state index < -0.39 is 0 Å². The van der Waals surface area contributed by atoms with Crippen molar-refractivity contribution in [3.05, 3.63) is 16.8 Å². The molecule has 0 aromatic carbocycles. The van der Waals surface area contributed by atoms with E-state index in [1.54, 1.807) is 16.8 Å². The van der Waals surface area contributed by atoms with Crippen LogP contribution >= 0.6 is 23.1 Å². The second-order valence-corrected chi connectivity index (χ2v) is 7.61. The third-order valence-electron chi connectivity index (χ3n) is 4.26. The van der Waals surface area contributed by atoms with Gasteiger partial charge < -0.3 is 4.90 Å². The van der Waals surface area contributed by atoms with Crippen molar-refractivity contribution in [1.29, 1.82) is 0 Å². The fourth-order valence-corrected chi connectivity index (χ4v) is 5.30. The van der Waals surface area contributed by atoms with E-state index in [-0.39, 0.29) is 0 Å². The van der Waals surface area contributed by atoms with E-state index in [9.17, 15) is 0 Å². The molecule has 0 fully saturated rings. The Kier molecular flexibility index (Phi) is 5.14. The first kappa shape index (κ1) is 15.3. The molecule has 0 aliphatic heterocycles. The third-order valence-corrected chi connectivity index (χ3v) is 6.43. The van der Waals surface area contributed by atoms with Crippen molar-refractivity contribution in [1.82, 2.24) is 14.9 Å². The molecule has 0 saturated carbocycles. The van der Waals surface area contributed by atoms with Crippen molar-refractivity contribution < 1.29 is 0 Å². The van der Waals surface area contributed by atoms with Crippen molar-refractivity contribution in [2.75, 3.05) is 25.4 Å². The maximum atomic E-state index is 4.58. The van der Waals surface area contributed by atoms with E-state index in [0.717, 1.165) is 25.4 Å². The van der Waals surface area contributed by atoms with Crippen LogP contribution in [0.25, 0.3) is 10.2 Å². The van der Waals surface area contributed by atoms with E-state index in [1.165, 1.54) is 40.9 Å². The van der Waals surface area contributed by atoms with Crippen LogP contribution in [0, 0.1) is 0 Å². The van der Waals surface area contributed by atoms with Gasteiger partial charge in [0.2, 0.25) is 0 Å². The summed E-state index contributed by atoms with van der Waals surface area (Å²) in [6.07, 6.45) is 6.84. The fourth-order valence-electron chi connectivity index (χ4n) is 2.98. The third kappa shape index (κ3) is 3.25. The number of aryl methyl sites for hydroxylation is 2. The summed E-state index contributed by atoms with van der Waals surface area (Å²) in [5.41, 5.74) is 1.55. The topological polar surface area (TPSA) is 29.0 Å². The minimum absolute atomic E-state index is 1.11. The molecule has 0 spiro atoms. The molecule has 0 N–H and O–H groups in total. The lowest BCUT2D eigenvalue weighted by Gasteiger charge is -2.17. The summed E-state index contributed by atoms with van der Waals surface area (Å²) in [5, 5.41) is 2.56. The van der Waals surface area contributed by atoms with E-state index >= 15 is 0 Å². The number of thiophene rings is 1. The number of rotatable bonds is 6. The summed E-state index contributed by atoms with van der Waals surface area (Å²) in [5.74, 6) is 1.11. The molecule has 114 valence electrons. The van der Waals surface area contributed by atoms with Gasteiger partial charge in [0, 0.05) is 22.6 Å². The molecule has 0 unspecified atom stereocenters. The van der Waals surface area contributed by atoms with Gasteiger partial charge in [0.05, 0.1) is 0 Å². The molecule has 2 aromatic rings. The Hall–Kier alpha value is -0.650. The molecule has 0 radical (unpaired) electrons. The minimum Gasteiger partial charge on any atom is -0.303 e. The molecule has 0 bridgehead atoms. The predicted molar refractivity (Wildman–Crippen MR) is 92.6 cm³/mol. The van der Waals surface area contributed by atoms with Crippen LogP contribution in [0.1, 0.15) is 37.1 Å². The highest BCUT2D eigenvalue weighted by molar-refractivity contribution is 7.99. The Labute approximate surface area is 135 Å². The van der Waals surface area contributed by atoms with Gasteiger partial charge in [-0.1, -0.05) is 13.8 Å². The number of hydrogen-bond acceptors (Lipinski definition) is 5. The monoisotopic (exact) mass is 321 g/mol. The molecule has 3 nitrogen and oxygen atoms in total. The average Bonchev–Trinajstić information content (AvgIpc) is 2.91. The summed E-state index contributed by atoms with van der Waals surface area (Å²) in [7, 11) is 0. The van der Waals surface area contributed by atoms with Crippen LogP contribution in [0.3, 0.4) is 0 Å². The smallest absolute Gasteiger partial charge is 0.128 e.